The van der Waals surface area contributed by atoms with Crippen molar-refractivity contribution in [3.8, 4) is 0 Å². The number of hydrogen-bond acceptors (Lipinski definition) is 3. The van der Waals surface area contributed by atoms with Crippen molar-refractivity contribution in [2.75, 3.05) is 5.32 Å². The maximum Gasteiger partial charge on any atom is 0.171 e. The van der Waals surface area contributed by atoms with Gasteiger partial charge in [-0.25, -0.2) is 0 Å². The molecule has 0 aliphatic heterocycles. The highest BCUT2D eigenvalue weighted by Gasteiger charge is 2.14. The van der Waals surface area contributed by atoms with Gasteiger partial charge in [0.15, 0.2) is 5.11 Å². The molecule has 0 saturated heterocycles. The molecule has 0 aliphatic carbocycles. The lowest BCUT2D eigenvalue weighted by Crippen LogP contribution is -2.28. The highest BCUT2D eigenvalue weighted by atomic mass is 35.5. The fraction of sp³-hybridized carbons (Fsp3) is 0.316. The predicted molar refractivity (Wildman–Crippen MR) is 113 cm³/mol. The number of aryl methyl sites for hydroxylation is 2. The van der Waals surface area contributed by atoms with Gasteiger partial charge in [0.1, 0.15) is 0 Å². The maximum absolute atomic E-state index is 6.27. The van der Waals surface area contributed by atoms with Gasteiger partial charge in [-0.3, -0.25) is 9.36 Å². The second kappa shape index (κ2) is 8.54. The van der Waals surface area contributed by atoms with Crippen LogP contribution in [0, 0.1) is 13.8 Å². The van der Waals surface area contributed by atoms with Crippen LogP contribution in [-0.2, 0) is 19.6 Å². The van der Waals surface area contributed by atoms with E-state index in [2.05, 4.69) is 27.8 Å². The van der Waals surface area contributed by atoms with Crippen LogP contribution in [0.3, 0.4) is 0 Å². The average Bonchev–Trinajstić information content (AvgIpc) is 3.22. The SMILES string of the molecule is CCn1cc(CNC(=S)Nc2c(C)nn(Cc3ccccc3Cl)c2C)cn1. The standard InChI is InChI=1S/C19H23ClN6S/c1-4-25-11-15(10-22-25)9-21-19(27)23-18-13(2)24-26(14(18)3)12-16-7-5-6-8-17(16)20/h5-8,10-11H,4,9,12H2,1-3H3,(H2,21,23,27). The van der Waals surface area contributed by atoms with Crippen LogP contribution in [0.2, 0.25) is 5.02 Å². The third-order valence-corrected chi connectivity index (χ3v) is 4.98. The predicted octanol–water partition coefficient (Wildman–Crippen LogP) is 3.90. The summed E-state index contributed by atoms with van der Waals surface area (Å²) < 4.78 is 3.83. The normalized spacial score (nSPS) is 10.8. The van der Waals surface area contributed by atoms with E-state index in [4.69, 9.17) is 23.8 Å². The molecule has 0 radical (unpaired) electrons. The number of benzene rings is 1. The summed E-state index contributed by atoms with van der Waals surface area (Å²) in [5.74, 6) is 0. The number of thiocarbonyl (C=S) groups is 1. The van der Waals surface area contributed by atoms with E-state index in [9.17, 15) is 0 Å². The molecule has 0 saturated carbocycles. The van der Waals surface area contributed by atoms with E-state index in [-0.39, 0.29) is 0 Å². The van der Waals surface area contributed by atoms with Gasteiger partial charge >= 0.3 is 0 Å². The molecular formula is C19H23ClN6S. The first-order valence-electron chi connectivity index (χ1n) is 8.81. The molecule has 0 spiro atoms. The molecule has 8 heteroatoms. The van der Waals surface area contributed by atoms with Crippen LogP contribution < -0.4 is 10.6 Å². The first kappa shape index (κ1) is 19.4. The maximum atomic E-state index is 6.27. The minimum atomic E-state index is 0.558. The fourth-order valence-electron chi connectivity index (χ4n) is 2.83. The van der Waals surface area contributed by atoms with Crippen molar-refractivity contribution in [3.05, 3.63) is 64.2 Å². The molecule has 0 unspecified atom stereocenters. The third kappa shape index (κ3) is 4.67. The summed E-state index contributed by atoms with van der Waals surface area (Å²) in [5.41, 5.74) is 4.94. The van der Waals surface area contributed by atoms with Crippen molar-refractivity contribution in [2.45, 2.75) is 40.4 Å². The van der Waals surface area contributed by atoms with Gasteiger partial charge in [-0.05, 0) is 44.6 Å². The molecule has 0 bridgehead atoms. The van der Waals surface area contributed by atoms with Crippen molar-refractivity contribution < 1.29 is 0 Å². The van der Waals surface area contributed by atoms with Gasteiger partial charge in [0.25, 0.3) is 0 Å². The summed E-state index contributed by atoms with van der Waals surface area (Å²) in [5, 5.41) is 16.7. The molecule has 3 aromatic rings. The van der Waals surface area contributed by atoms with Crippen LogP contribution in [0.4, 0.5) is 5.69 Å². The Labute approximate surface area is 169 Å². The molecule has 0 amide bonds. The number of rotatable bonds is 6. The summed E-state index contributed by atoms with van der Waals surface area (Å²) >= 11 is 11.7. The van der Waals surface area contributed by atoms with Crippen LogP contribution in [0.15, 0.2) is 36.7 Å². The smallest absolute Gasteiger partial charge is 0.171 e. The van der Waals surface area contributed by atoms with Crippen molar-refractivity contribution in [1.82, 2.24) is 24.9 Å². The molecule has 2 aromatic heterocycles. The summed E-state index contributed by atoms with van der Waals surface area (Å²) in [6.45, 7) is 8.13. The third-order valence-electron chi connectivity index (χ3n) is 4.36. The highest BCUT2D eigenvalue weighted by Crippen LogP contribution is 2.22. The van der Waals surface area contributed by atoms with Gasteiger partial charge in [-0.1, -0.05) is 29.8 Å². The van der Waals surface area contributed by atoms with Crippen LogP contribution in [0.1, 0.15) is 29.4 Å². The number of halogens is 1. The lowest BCUT2D eigenvalue weighted by molar-refractivity contribution is 0.659. The number of nitrogens with one attached hydrogen (secondary N) is 2. The van der Waals surface area contributed by atoms with E-state index in [1.807, 2.05) is 59.9 Å². The van der Waals surface area contributed by atoms with Crippen molar-refractivity contribution in [1.29, 1.82) is 0 Å². The molecule has 142 valence electrons. The molecular weight excluding hydrogens is 380 g/mol. The largest absolute Gasteiger partial charge is 0.358 e. The number of anilines is 1. The minimum absolute atomic E-state index is 0.558. The average molecular weight is 403 g/mol. The van der Waals surface area contributed by atoms with Crippen LogP contribution in [0.5, 0.6) is 0 Å². The van der Waals surface area contributed by atoms with Gasteiger partial charge in [0.2, 0.25) is 0 Å². The molecule has 27 heavy (non-hydrogen) atoms. The van der Waals surface area contributed by atoms with Crippen LogP contribution >= 0.6 is 23.8 Å². The quantitative estimate of drug-likeness (QED) is 0.612. The summed E-state index contributed by atoms with van der Waals surface area (Å²) in [6, 6.07) is 7.80. The lowest BCUT2D eigenvalue weighted by Gasteiger charge is -2.11. The van der Waals surface area contributed by atoms with Crippen molar-refractivity contribution in [2.24, 2.45) is 0 Å². The zero-order valence-corrected chi connectivity index (χ0v) is 17.2. The Hall–Kier alpha value is -2.38. The summed E-state index contributed by atoms with van der Waals surface area (Å²) in [7, 11) is 0. The van der Waals surface area contributed by atoms with E-state index in [1.54, 1.807) is 0 Å². The molecule has 1 aromatic carbocycles. The molecule has 0 fully saturated rings. The Morgan fingerprint density at radius 1 is 1.26 bits per heavy atom. The molecule has 3 rings (SSSR count). The van der Waals surface area contributed by atoms with E-state index >= 15 is 0 Å². The van der Waals surface area contributed by atoms with Gasteiger partial charge < -0.3 is 10.6 Å². The Bertz CT molecular complexity index is 946. The zero-order chi connectivity index (χ0) is 19.4. The van der Waals surface area contributed by atoms with Crippen molar-refractivity contribution >= 4 is 34.6 Å². The van der Waals surface area contributed by atoms with Gasteiger partial charge in [0, 0.05) is 29.9 Å². The van der Waals surface area contributed by atoms with E-state index < -0.39 is 0 Å². The molecule has 2 N–H and O–H groups in total. The second-order valence-corrected chi connectivity index (χ2v) is 7.12. The van der Waals surface area contributed by atoms with Crippen molar-refractivity contribution in [3.63, 3.8) is 0 Å². The molecule has 2 heterocycles. The van der Waals surface area contributed by atoms with Gasteiger partial charge in [-0.2, -0.15) is 10.2 Å². The first-order valence-corrected chi connectivity index (χ1v) is 9.60. The fourth-order valence-corrected chi connectivity index (χ4v) is 3.20. The minimum Gasteiger partial charge on any atom is -0.358 e. The Balaban J connectivity index is 1.65. The van der Waals surface area contributed by atoms with E-state index in [0.29, 0.717) is 18.2 Å². The highest BCUT2D eigenvalue weighted by molar-refractivity contribution is 7.80. The number of aromatic nitrogens is 4. The Morgan fingerprint density at radius 2 is 2.04 bits per heavy atom. The number of hydrogen-bond donors (Lipinski definition) is 2. The Kier molecular flexibility index (Phi) is 6.13. The van der Waals surface area contributed by atoms with E-state index in [0.717, 1.165) is 39.8 Å². The summed E-state index contributed by atoms with van der Waals surface area (Å²) in [4.78, 5) is 0. The van der Waals surface area contributed by atoms with Crippen LogP contribution in [0.25, 0.3) is 0 Å². The summed E-state index contributed by atoms with van der Waals surface area (Å²) in [6.07, 6.45) is 3.85. The molecule has 6 nitrogen and oxygen atoms in total. The Morgan fingerprint density at radius 3 is 2.74 bits per heavy atom. The monoisotopic (exact) mass is 402 g/mol. The molecule has 0 aliphatic rings. The lowest BCUT2D eigenvalue weighted by atomic mass is 10.2. The van der Waals surface area contributed by atoms with Gasteiger partial charge in [-0.15, -0.1) is 0 Å². The number of nitrogens with zero attached hydrogens (tertiary/aromatic N) is 4. The topological polar surface area (TPSA) is 59.7 Å². The second-order valence-electron chi connectivity index (χ2n) is 6.31. The van der Waals surface area contributed by atoms with E-state index in [1.165, 1.54) is 0 Å². The van der Waals surface area contributed by atoms with Crippen LogP contribution in [-0.4, -0.2) is 24.7 Å². The zero-order valence-electron chi connectivity index (χ0n) is 15.7. The molecule has 0 atom stereocenters. The first-order chi connectivity index (χ1) is 13.0. The van der Waals surface area contributed by atoms with Gasteiger partial charge in [0.05, 0.1) is 29.8 Å².